The highest BCUT2D eigenvalue weighted by Crippen LogP contribution is 2.18. The van der Waals surface area contributed by atoms with Gasteiger partial charge >= 0.3 is 0 Å². The van der Waals surface area contributed by atoms with Crippen molar-refractivity contribution < 1.29 is 9.53 Å². The van der Waals surface area contributed by atoms with Crippen LogP contribution in [-0.4, -0.2) is 40.6 Å². The van der Waals surface area contributed by atoms with Crippen LogP contribution < -0.4 is 15.0 Å². The quantitative estimate of drug-likeness (QED) is 0.857. The summed E-state index contributed by atoms with van der Waals surface area (Å²) in [6, 6.07) is 5.40. The molecule has 0 aliphatic carbocycles. The maximum absolute atomic E-state index is 12.3. The molecule has 3 heterocycles. The van der Waals surface area contributed by atoms with Crippen LogP contribution in [0.5, 0.6) is 5.88 Å². The highest BCUT2D eigenvalue weighted by Gasteiger charge is 2.14. The van der Waals surface area contributed by atoms with Crippen LogP contribution in [0.3, 0.4) is 0 Å². The van der Waals surface area contributed by atoms with E-state index in [9.17, 15) is 4.79 Å². The Kier molecular flexibility index (Phi) is 5.99. The molecule has 2 aromatic heterocycles. The van der Waals surface area contributed by atoms with Crippen molar-refractivity contribution in [3.63, 3.8) is 0 Å². The lowest BCUT2D eigenvalue weighted by Gasteiger charge is -2.28. The number of rotatable bonds is 6. The summed E-state index contributed by atoms with van der Waals surface area (Å²) in [5, 5.41) is 2.86. The molecule has 0 unspecified atom stereocenters. The van der Waals surface area contributed by atoms with Gasteiger partial charge in [0.1, 0.15) is 11.6 Å². The molecule has 1 aliphatic heterocycles. The van der Waals surface area contributed by atoms with E-state index in [0.29, 0.717) is 23.9 Å². The van der Waals surface area contributed by atoms with E-state index in [0.717, 1.165) is 24.6 Å². The van der Waals surface area contributed by atoms with Gasteiger partial charge in [0.2, 0.25) is 5.88 Å². The Labute approximate surface area is 153 Å². The monoisotopic (exact) mass is 355 g/mol. The Morgan fingerprint density at radius 2 is 2.04 bits per heavy atom. The second kappa shape index (κ2) is 8.60. The fraction of sp³-hybridized carbons (Fsp3) is 0.474. The molecular weight excluding hydrogens is 330 g/mol. The third kappa shape index (κ3) is 4.68. The maximum Gasteiger partial charge on any atom is 0.253 e. The van der Waals surface area contributed by atoms with Gasteiger partial charge in [-0.2, -0.15) is 0 Å². The predicted octanol–water partition coefficient (Wildman–Crippen LogP) is 2.50. The first-order valence-electron chi connectivity index (χ1n) is 9.12. The normalized spacial score (nSPS) is 14.2. The molecule has 0 atom stereocenters. The van der Waals surface area contributed by atoms with Gasteiger partial charge in [0.15, 0.2) is 0 Å². The molecule has 1 saturated heterocycles. The number of nitrogens with one attached hydrogen (secondary N) is 1. The number of carbonyl (C=O) groups excluding carboxylic acids is 1. The van der Waals surface area contributed by atoms with Crippen molar-refractivity contribution in [2.45, 2.75) is 39.7 Å². The predicted molar refractivity (Wildman–Crippen MR) is 99.4 cm³/mol. The van der Waals surface area contributed by atoms with Crippen LogP contribution in [0.1, 0.15) is 48.1 Å². The van der Waals surface area contributed by atoms with Crippen LogP contribution in [0.2, 0.25) is 0 Å². The second-order valence-electron chi connectivity index (χ2n) is 6.33. The van der Waals surface area contributed by atoms with Crippen molar-refractivity contribution in [2.24, 2.45) is 0 Å². The van der Waals surface area contributed by atoms with Gasteiger partial charge in [-0.25, -0.2) is 15.0 Å². The van der Waals surface area contributed by atoms with Gasteiger partial charge < -0.3 is 15.0 Å². The molecule has 1 N–H and O–H groups in total. The first-order valence-corrected chi connectivity index (χ1v) is 9.12. The summed E-state index contributed by atoms with van der Waals surface area (Å²) < 4.78 is 5.29. The Hall–Kier alpha value is -2.70. The summed E-state index contributed by atoms with van der Waals surface area (Å²) in [6.45, 7) is 6.73. The van der Waals surface area contributed by atoms with Crippen molar-refractivity contribution in [2.75, 3.05) is 24.6 Å². The number of nitrogens with zero attached hydrogens (tertiary/aromatic N) is 4. The van der Waals surface area contributed by atoms with E-state index >= 15 is 0 Å². The third-order valence-electron chi connectivity index (χ3n) is 4.26. The van der Waals surface area contributed by atoms with Gasteiger partial charge in [-0.3, -0.25) is 4.79 Å². The van der Waals surface area contributed by atoms with E-state index < -0.39 is 0 Å². The summed E-state index contributed by atoms with van der Waals surface area (Å²) in [7, 11) is 0. The standard InChI is InChI=1S/C19H25N5O2/c1-3-26-18-8-7-15(12-20-18)19(25)21-13-16-22-14(2)11-17(23-16)24-9-5-4-6-10-24/h7-8,11-12H,3-6,9-10,13H2,1-2H3,(H,21,25). The number of ether oxygens (including phenoxy) is 1. The average molecular weight is 355 g/mol. The molecule has 2 aromatic rings. The van der Waals surface area contributed by atoms with E-state index in [1.165, 1.54) is 25.5 Å². The molecule has 1 fully saturated rings. The maximum atomic E-state index is 12.3. The van der Waals surface area contributed by atoms with Gasteiger partial charge in [0.25, 0.3) is 5.91 Å². The Balaban J connectivity index is 1.63. The number of anilines is 1. The first-order chi connectivity index (χ1) is 12.7. The molecule has 0 radical (unpaired) electrons. The van der Waals surface area contributed by atoms with Crippen LogP contribution in [0, 0.1) is 6.92 Å². The number of aromatic nitrogens is 3. The number of hydrogen-bond acceptors (Lipinski definition) is 6. The number of piperidine rings is 1. The topological polar surface area (TPSA) is 80.2 Å². The minimum absolute atomic E-state index is 0.204. The van der Waals surface area contributed by atoms with Crippen molar-refractivity contribution in [1.29, 1.82) is 0 Å². The zero-order chi connectivity index (χ0) is 18.4. The molecule has 1 amide bonds. The first kappa shape index (κ1) is 18.1. The summed E-state index contributed by atoms with van der Waals surface area (Å²) in [5.74, 6) is 1.88. The second-order valence-corrected chi connectivity index (χ2v) is 6.33. The smallest absolute Gasteiger partial charge is 0.253 e. The fourth-order valence-corrected chi connectivity index (χ4v) is 2.99. The largest absolute Gasteiger partial charge is 0.478 e. The number of amides is 1. The zero-order valence-corrected chi connectivity index (χ0v) is 15.4. The number of aryl methyl sites for hydroxylation is 1. The zero-order valence-electron chi connectivity index (χ0n) is 15.4. The van der Waals surface area contributed by atoms with Gasteiger partial charge in [0, 0.05) is 37.1 Å². The summed E-state index contributed by atoms with van der Waals surface area (Å²) in [6.07, 6.45) is 5.18. The fourth-order valence-electron chi connectivity index (χ4n) is 2.99. The van der Waals surface area contributed by atoms with Gasteiger partial charge in [-0.15, -0.1) is 0 Å². The lowest BCUT2D eigenvalue weighted by Crippen LogP contribution is -2.31. The Bertz CT molecular complexity index is 742. The lowest BCUT2D eigenvalue weighted by molar-refractivity contribution is 0.0949. The van der Waals surface area contributed by atoms with E-state index in [1.807, 2.05) is 19.9 Å². The van der Waals surface area contributed by atoms with Gasteiger partial charge in [-0.05, 0) is 39.2 Å². The minimum atomic E-state index is -0.204. The molecule has 3 rings (SSSR count). The van der Waals surface area contributed by atoms with E-state index in [1.54, 1.807) is 12.1 Å². The van der Waals surface area contributed by atoms with Gasteiger partial charge in [0.05, 0.1) is 18.7 Å². The molecule has 0 spiro atoms. The SMILES string of the molecule is CCOc1ccc(C(=O)NCc2nc(C)cc(N3CCCCC3)n2)cn1. The highest BCUT2D eigenvalue weighted by atomic mass is 16.5. The van der Waals surface area contributed by atoms with E-state index in [2.05, 4.69) is 25.2 Å². The van der Waals surface area contributed by atoms with Crippen molar-refractivity contribution >= 4 is 11.7 Å². The molecule has 0 bridgehead atoms. The molecule has 138 valence electrons. The lowest BCUT2D eigenvalue weighted by atomic mass is 10.1. The van der Waals surface area contributed by atoms with Crippen LogP contribution in [0.4, 0.5) is 5.82 Å². The van der Waals surface area contributed by atoms with Crippen LogP contribution in [0.15, 0.2) is 24.4 Å². The number of pyridine rings is 1. The third-order valence-corrected chi connectivity index (χ3v) is 4.26. The summed E-state index contributed by atoms with van der Waals surface area (Å²) >= 11 is 0. The summed E-state index contributed by atoms with van der Waals surface area (Å²) in [5.41, 5.74) is 1.39. The molecule has 1 aliphatic rings. The van der Waals surface area contributed by atoms with Crippen molar-refractivity contribution in [3.05, 3.63) is 41.5 Å². The highest BCUT2D eigenvalue weighted by molar-refractivity contribution is 5.93. The molecular formula is C19H25N5O2. The minimum Gasteiger partial charge on any atom is -0.478 e. The molecule has 0 saturated carbocycles. The van der Waals surface area contributed by atoms with Crippen LogP contribution >= 0.6 is 0 Å². The molecule has 0 aromatic carbocycles. The Morgan fingerprint density at radius 3 is 2.73 bits per heavy atom. The van der Waals surface area contributed by atoms with E-state index in [4.69, 9.17) is 4.74 Å². The Morgan fingerprint density at radius 1 is 1.23 bits per heavy atom. The van der Waals surface area contributed by atoms with Gasteiger partial charge in [-0.1, -0.05) is 0 Å². The van der Waals surface area contributed by atoms with Crippen LogP contribution in [0.25, 0.3) is 0 Å². The number of hydrogen-bond donors (Lipinski definition) is 1. The van der Waals surface area contributed by atoms with Crippen molar-refractivity contribution in [3.8, 4) is 5.88 Å². The summed E-state index contributed by atoms with van der Waals surface area (Å²) in [4.78, 5) is 27.8. The number of carbonyl (C=O) groups is 1. The van der Waals surface area contributed by atoms with E-state index in [-0.39, 0.29) is 12.5 Å². The molecule has 7 heteroatoms. The molecule has 7 nitrogen and oxygen atoms in total. The van der Waals surface area contributed by atoms with Crippen molar-refractivity contribution in [1.82, 2.24) is 20.3 Å². The van der Waals surface area contributed by atoms with Crippen LogP contribution in [-0.2, 0) is 6.54 Å². The average Bonchev–Trinajstić information content (AvgIpc) is 2.67. The molecule has 26 heavy (non-hydrogen) atoms.